The van der Waals surface area contributed by atoms with Gasteiger partial charge in [-0.15, -0.1) is 0 Å². The van der Waals surface area contributed by atoms with Crippen molar-refractivity contribution in [3.8, 4) is 0 Å². The first-order valence-electron chi connectivity index (χ1n) is 11.3. The molecule has 1 fully saturated rings. The molecule has 1 atom stereocenters. The summed E-state index contributed by atoms with van der Waals surface area (Å²) in [5.41, 5.74) is 4.01. The number of amides is 2. The normalized spacial score (nSPS) is 14.7. The smallest absolute Gasteiger partial charge is 0.270 e. The number of nitrogens with zero attached hydrogens (tertiary/aromatic N) is 3. The first-order chi connectivity index (χ1) is 16.7. The summed E-state index contributed by atoms with van der Waals surface area (Å²) in [4.78, 5) is 38.4. The van der Waals surface area contributed by atoms with Crippen molar-refractivity contribution in [3.05, 3.63) is 67.7 Å². The number of hydrazone groups is 1. The van der Waals surface area contributed by atoms with E-state index in [0.29, 0.717) is 10.6 Å². The molecule has 1 saturated heterocycles. The molecule has 1 aliphatic heterocycles. The summed E-state index contributed by atoms with van der Waals surface area (Å²) in [6.45, 7) is 5.28. The summed E-state index contributed by atoms with van der Waals surface area (Å²) in [7, 11) is 0. The Morgan fingerprint density at radius 3 is 2.43 bits per heavy atom. The van der Waals surface area contributed by atoms with Gasteiger partial charge in [0, 0.05) is 42.0 Å². The van der Waals surface area contributed by atoms with Gasteiger partial charge in [-0.1, -0.05) is 37.0 Å². The fourth-order valence-electron chi connectivity index (χ4n) is 3.81. The number of hydrogen-bond donors (Lipinski definition) is 2. The number of nitrogens with one attached hydrogen (secondary N) is 2. The second-order valence-corrected chi connectivity index (χ2v) is 9.42. The van der Waals surface area contributed by atoms with Crippen LogP contribution in [0.1, 0.15) is 49.0 Å². The zero-order valence-electron chi connectivity index (χ0n) is 19.5. The minimum absolute atomic E-state index is 0.0625. The highest BCUT2D eigenvalue weighted by Crippen LogP contribution is 2.27. The Morgan fingerprint density at radius 2 is 1.80 bits per heavy atom. The summed E-state index contributed by atoms with van der Waals surface area (Å²) in [6.07, 6.45) is 4.62. The third-order valence-electron chi connectivity index (χ3n) is 5.71. The number of carbonyl (C=O) groups excluding carboxylic acids is 2. The first-order valence-corrected chi connectivity index (χ1v) is 12.0. The molecular weight excluding hydrogens is 493 g/mol. The van der Waals surface area contributed by atoms with Gasteiger partial charge in [0.2, 0.25) is 0 Å². The molecule has 0 spiro atoms. The number of anilines is 1. The van der Waals surface area contributed by atoms with Crippen molar-refractivity contribution in [2.24, 2.45) is 11.0 Å². The van der Waals surface area contributed by atoms with Gasteiger partial charge < -0.3 is 10.2 Å². The Morgan fingerprint density at radius 1 is 1.09 bits per heavy atom. The average molecular weight is 520 g/mol. The van der Waals surface area contributed by atoms with E-state index in [1.165, 1.54) is 36.5 Å². The van der Waals surface area contributed by atoms with E-state index in [2.05, 4.69) is 20.7 Å². The number of non-ortho nitro benzene ring substituents is 1. The van der Waals surface area contributed by atoms with E-state index < -0.39 is 22.8 Å². The molecule has 2 amide bonds. The summed E-state index contributed by atoms with van der Waals surface area (Å²) >= 11 is 11.9. The number of halogens is 2. The van der Waals surface area contributed by atoms with E-state index in [1.807, 2.05) is 0 Å². The standard InChI is InChI=1S/C24H27Cl2N5O4/c1-15(2)22(28-23(32)16-6-8-19(25)20(26)13-16)24(33)29-27-14-17-12-18(31(34)35)7-9-21(17)30-10-4-3-5-11-30/h6-9,12-15,22H,3-5,10-11H2,1-2H3,(H,28,32)(H,29,33)/b27-14-. The number of nitro groups is 1. The van der Waals surface area contributed by atoms with Gasteiger partial charge in [-0.05, 0) is 49.4 Å². The van der Waals surface area contributed by atoms with Crippen LogP contribution in [0.4, 0.5) is 11.4 Å². The lowest BCUT2D eigenvalue weighted by molar-refractivity contribution is -0.384. The van der Waals surface area contributed by atoms with Gasteiger partial charge in [-0.2, -0.15) is 5.10 Å². The molecule has 1 unspecified atom stereocenters. The molecule has 1 aliphatic rings. The minimum atomic E-state index is -0.874. The first kappa shape index (κ1) is 26.4. The largest absolute Gasteiger partial charge is 0.371 e. The number of carbonyl (C=O) groups is 2. The predicted octanol–water partition coefficient (Wildman–Crippen LogP) is 4.80. The monoisotopic (exact) mass is 519 g/mol. The van der Waals surface area contributed by atoms with Crippen LogP contribution in [0.3, 0.4) is 0 Å². The van der Waals surface area contributed by atoms with Gasteiger partial charge in [-0.25, -0.2) is 5.43 Å². The molecule has 2 N–H and O–H groups in total. The van der Waals surface area contributed by atoms with Gasteiger partial charge in [0.25, 0.3) is 17.5 Å². The van der Waals surface area contributed by atoms with E-state index in [4.69, 9.17) is 23.2 Å². The van der Waals surface area contributed by atoms with Gasteiger partial charge in [0.1, 0.15) is 6.04 Å². The molecule has 0 aromatic heterocycles. The zero-order valence-corrected chi connectivity index (χ0v) is 21.0. The molecule has 11 heteroatoms. The molecule has 3 rings (SSSR count). The lowest BCUT2D eigenvalue weighted by atomic mass is 10.0. The van der Waals surface area contributed by atoms with Crippen LogP contribution in [0.15, 0.2) is 41.5 Å². The number of rotatable bonds is 8. The summed E-state index contributed by atoms with van der Waals surface area (Å²) in [6, 6.07) is 8.19. The van der Waals surface area contributed by atoms with Crippen molar-refractivity contribution in [1.29, 1.82) is 0 Å². The number of piperidine rings is 1. The SMILES string of the molecule is CC(C)C(NC(=O)c1ccc(Cl)c(Cl)c1)C(=O)N/N=C\c1cc([N+](=O)[O-])ccc1N1CCCCC1. The quantitative estimate of drug-likeness (QED) is 0.295. The van der Waals surface area contributed by atoms with Crippen molar-refractivity contribution in [3.63, 3.8) is 0 Å². The Bertz CT molecular complexity index is 1130. The molecule has 1 heterocycles. The van der Waals surface area contributed by atoms with Gasteiger partial charge in [0.15, 0.2) is 0 Å². The van der Waals surface area contributed by atoms with E-state index >= 15 is 0 Å². The van der Waals surface area contributed by atoms with Gasteiger partial charge >= 0.3 is 0 Å². The van der Waals surface area contributed by atoms with Crippen LogP contribution in [0.5, 0.6) is 0 Å². The Labute approximate surface area is 213 Å². The maximum Gasteiger partial charge on any atom is 0.270 e. The third kappa shape index (κ3) is 6.93. The number of benzene rings is 2. The molecular formula is C24H27Cl2N5O4. The molecule has 2 aromatic rings. The molecule has 35 heavy (non-hydrogen) atoms. The Balaban J connectivity index is 1.74. The van der Waals surface area contributed by atoms with E-state index in [9.17, 15) is 19.7 Å². The highest BCUT2D eigenvalue weighted by Gasteiger charge is 2.25. The van der Waals surface area contributed by atoms with Crippen molar-refractivity contribution in [2.75, 3.05) is 18.0 Å². The molecule has 2 aromatic carbocycles. The van der Waals surface area contributed by atoms with Crippen LogP contribution < -0.4 is 15.6 Å². The zero-order chi connectivity index (χ0) is 25.5. The van der Waals surface area contributed by atoms with Crippen LogP contribution >= 0.6 is 23.2 Å². The Hall–Kier alpha value is -3.17. The van der Waals surface area contributed by atoms with Crippen LogP contribution in [-0.4, -0.2) is 42.1 Å². The highest BCUT2D eigenvalue weighted by atomic mass is 35.5. The molecule has 0 radical (unpaired) electrons. The van der Waals surface area contributed by atoms with Crippen molar-refractivity contribution in [1.82, 2.24) is 10.7 Å². The van der Waals surface area contributed by atoms with E-state index in [-0.39, 0.29) is 22.2 Å². The fraction of sp³-hybridized carbons (Fsp3) is 0.375. The second-order valence-electron chi connectivity index (χ2n) is 8.61. The maximum atomic E-state index is 12.8. The number of hydrogen-bond acceptors (Lipinski definition) is 6. The van der Waals surface area contributed by atoms with Gasteiger partial charge in [-0.3, -0.25) is 19.7 Å². The minimum Gasteiger partial charge on any atom is -0.371 e. The lowest BCUT2D eigenvalue weighted by Gasteiger charge is -2.29. The lowest BCUT2D eigenvalue weighted by Crippen LogP contribution is -2.48. The van der Waals surface area contributed by atoms with Crippen molar-refractivity contribution < 1.29 is 14.5 Å². The summed E-state index contributed by atoms with van der Waals surface area (Å²) < 4.78 is 0. The van der Waals surface area contributed by atoms with Crippen LogP contribution in [0, 0.1) is 16.0 Å². The fourth-order valence-corrected chi connectivity index (χ4v) is 4.11. The predicted molar refractivity (Wildman–Crippen MR) is 137 cm³/mol. The second kappa shape index (κ2) is 12.0. The third-order valence-corrected chi connectivity index (χ3v) is 6.45. The van der Waals surface area contributed by atoms with Crippen LogP contribution in [0.2, 0.25) is 10.0 Å². The molecule has 186 valence electrons. The summed E-state index contributed by atoms with van der Waals surface area (Å²) in [5, 5.41) is 18.6. The van der Waals surface area contributed by atoms with Crippen molar-refractivity contribution in [2.45, 2.75) is 39.2 Å². The number of nitro benzene ring substituents is 1. The van der Waals surface area contributed by atoms with Crippen LogP contribution in [0.25, 0.3) is 0 Å². The summed E-state index contributed by atoms with van der Waals surface area (Å²) in [5.74, 6) is -1.24. The molecule has 0 aliphatic carbocycles. The molecule has 0 bridgehead atoms. The van der Waals surface area contributed by atoms with E-state index in [0.717, 1.165) is 38.0 Å². The molecule has 9 nitrogen and oxygen atoms in total. The maximum absolute atomic E-state index is 12.8. The average Bonchev–Trinajstić information content (AvgIpc) is 2.84. The van der Waals surface area contributed by atoms with E-state index in [1.54, 1.807) is 19.9 Å². The van der Waals surface area contributed by atoms with Crippen LogP contribution in [-0.2, 0) is 4.79 Å². The van der Waals surface area contributed by atoms with Gasteiger partial charge in [0.05, 0.1) is 21.2 Å². The van der Waals surface area contributed by atoms with Crippen molar-refractivity contribution >= 4 is 52.6 Å². The highest BCUT2D eigenvalue weighted by molar-refractivity contribution is 6.42. The molecule has 0 saturated carbocycles. The Kier molecular flexibility index (Phi) is 9.06. The topological polar surface area (TPSA) is 117 Å².